The van der Waals surface area contributed by atoms with E-state index in [1.54, 1.807) is 6.08 Å². The van der Waals surface area contributed by atoms with Crippen LogP contribution in [0.4, 0.5) is 5.69 Å². The minimum atomic E-state index is 0.103. The maximum Gasteiger partial charge on any atom is 0.194 e. The highest BCUT2D eigenvalue weighted by molar-refractivity contribution is 6.23. The number of oxime groups is 1. The molecule has 5 heteroatoms. The first-order chi connectivity index (χ1) is 19.4. The Balaban J connectivity index is 0.000000201. The van der Waals surface area contributed by atoms with Crippen molar-refractivity contribution >= 4 is 17.2 Å². The lowest BCUT2D eigenvalue weighted by Crippen LogP contribution is -2.19. The van der Waals surface area contributed by atoms with Crippen molar-refractivity contribution in [3.8, 4) is 11.1 Å². The van der Waals surface area contributed by atoms with Gasteiger partial charge < -0.3 is 15.5 Å². The first kappa shape index (κ1) is 30.2. The van der Waals surface area contributed by atoms with Crippen molar-refractivity contribution in [3.05, 3.63) is 127 Å². The quantitative estimate of drug-likeness (QED) is 0.167. The summed E-state index contributed by atoms with van der Waals surface area (Å²) < 4.78 is 0. The zero-order valence-electron chi connectivity index (χ0n) is 24.0. The lowest BCUT2D eigenvalue weighted by molar-refractivity contribution is 0.0848. The molecule has 0 spiro atoms. The second-order valence-electron chi connectivity index (χ2n) is 9.84. The summed E-state index contributed by atoms with van der Waals surface area (Å²) in [5.41, 5.74) is 8.57. The van der Waals surface area contributed by atoms with E-state index in [4.69, 9.17) is 4.84 Å². The number of hydrogen-bond donors (Lipinski definition) is 2. The van der Waals surface area contributed by atoms with Crippen molar-refractivity contribution in [1.82, 2.24) is 5.32 Å². The average molecular weight is 536 g/mol. The lowest BCUT2D eigenvalue weighted by atomic mass is 10.0. The number of carbonyl (C=O) groups excluding carboxylic acids is 1. The topological polar surface area (TPSA) is 62.7 Å². The molecular weight excluding hydrogens is 494 g/mol. The summed E-state index contributed by atoms with van der Waals surface area (Å²) in [4.78, 5) is 17.8. The Morgan fingerprint density at radius 1 is 1.00 bits per heavy atom. The van der Waals surface area contributed by atoms with Crippen LogP contribution in [0.5, 0.6) is 0 Å². The zero-order valence-corrected chi connectivity index (χ0v) is 24.0. The molecule has 5 nitrogen and oxygen atoms in total. The predicted molar refractivity (Wildman–Crippen MR) is 169 cm³/mol. The second-order valence-corrected chi connectivity index (χ2v) is 9.84. The maximum atomic E-state index is 12.3. The summed E-state index contributed by atoms with van der Waals surface area (Å²) in [6, 6.07) is 23.7. The zero-order chi connectivity index (χ0) is 28.9. The van der Waals surface area contributed by atoms with Crippen LogP contribution in [0.3, 0.4) is 0 Å². The van der Waals surface area contributed by atoms with Crippen molar-refractivity contribution in [2.45, 2.75) is 52.6 Å². The monoisotopic (exact) mass is 535 g/mol. The Morgan fingerprint density at radius 2 is 1.65 bits per heavy atom. The molecule has 0 aromatic heterocycles. The number of anilines is 1. The van der Waals surface area contributed by atoms with E-state index in [1.807, 2.05) is 74.5 Å². The third-order valence-corrected chi connectivity index (χ3v) is 6.32. The third-order valence-electron chi connectivity index (χ3n) is 6.32. The molecule has 1 unspecified atom stereocenters. The molecule has 0 amide bonds. The molecule has 2 aliphatic rings. The number of hydrogen-bond acceptors (Lipinski definition) is 5. The smallest absolute Gasteiger partial charge is 0.194 e. The largest absolute Gasteiger partial charge is 0.391 e. The Labute approximate surface area is 239 Å². The molecule has 3 aromatic carbocycles. The van der Waals surface area contributed by atoms with E-state index in [9.17, 15) is 4.79 Å². The standard InChI is InChI=1S/C16H22N2O.C16H13NO.C3H6/c1-3-4-10-17-13(2)11-15-12-16(18-19-15)14-8-6-5-7-9-14;1-10(2)17-14-9-5-8-13-15(14)11-6-3-4-7-12(11)16(13)18;1-3-2/h5-9,15,17H,2-4,10-12H2,1H3;3-9,17H,1H2,2H3;3H,1H2,2H3. The molecule has 1 aliphatic carbocycles. The van der Waals surface area contributed by atoms with Crippen LogP contribution in [-0.4, -0.2) is 24.1 Å². The maximum absolute atomic E-state index is 12.3. The van der Waals surface area contributed by atoms with Gasteiger partial charge in [-0.15, -0.1) is 6.58 Å². The van der Waals surface area contributed by atoms with Gasteiger partial charge in [-0.25, -0.2) is 0 Å². The first-order valence-corrected chi connectivity index (χ1v) is 13.9. The van der Waals surface area contributed by atoms with Crippen LogP contribution in [0.25, 0.3) is 11.1 Å². The number of nitrogens with zero attached hydrogens (tertiary/aromatic N) is 1. The summed E-state index contributed by atoms with van der Waals surface area (Å²) >= 11 is 0. The van der Waals surface area contributed by atoms with Gasteiger partial charge in [-0.2, -0.15) is 0 Å². The number of allylic oxidation sites excluding steroid dienone is 2. The molecule has 0 saturated heterocycles. The molecule has 1 atom stereocenters. The minimum absolute atomic E-state index is 0.103. The first-order valence-electron chi connectivity index (χ1n) is 13.9. The van der Waals surface area contributed by atoms with Gasteiger partial charge in [0.2, 0.25) is 0 Å². The molecule has 40 heavy (non-hydrogen) atoms. The molecule has 3 aromatic rings. The van der Waals surface area contributed by atoms with Gasteiger partial charge in [0, 0.05) is 53.2 Å². The predicted octanol–water partition coefficient (Wildman–Crippen LogP) is 8.51. The molecule has 0 radical (unpaired) electrons. The second kappa shape index (κ2) is 15.3. The summed E-state index contributed by atoms with van der Waals surface area (Å²) in [6.45, 7) is 18.2. The molecule has 0 saturated carbocycles. The molecule has 1 aliphatic heterocycles. The van der Waals surface area contributed by atoms with Crippen molar-refractivity contribution in [3.63, 3.8) is 0 Å². The van der Waals surface area contributed by atoms with E-state index < -0.39 is 0 Å². The molecule has 1 heterocycles. The summed E-state index contributed by atoms with van der Waals surface area (Å²) in [5, 5.41) is 10.7. The van der Waals surface area contributed by atoms with Gasteiger partial charge in [0.1, 0.15) is 6.10 Å². The lowest BCUT2D eigenvalue weighted by Gasteiger charge is -2.12. The highest BCUT2D eigenvalue weighted by Gasteiger charge is 2.28. The van der Waals surface area contributed by atoms with Crippen LogP contribution in [0.1, 0.15) is 67.9 Å². The van der Waals surface area contributed by atoms with E-state index in [0.29, 0.717) is 0 Å². The van der Waals surface area contributed by atoms with Crippen LogP contribution in [-0.2, 0) is 4.84 Å². The number of ketones is 1. The normalized spacial score (nSPS) is 14.1. The fourth-order valence-electron chi connectivity index (χ4n) is 4.54. The fourth-order valence-corrected chi connectivity index (χ4v) is 4.54. The van der Waals surface area contributed by atoms with E-state index in [2.05, 4.69) is 54.6 Å². The van der Waals surface area contributed by atoms with E-state index in [-0.39, 0.29) is 11.9 Å². The number of nitrogens with one attached hydrogen (secondary N) is 2. The average Bonchev–Trinajstić information content (AvgIpc) is 3.53. The van der Waals surface area contributed by atoms with Gasteiger partial charge in [0.15, 0.2) is 5.78 Å². The third kappa shape index (κ3) is 8.06. The van der Waals surface area contributed by atoms with Gasteiger partial charge in [0.05, 0.1) is 5.71 Å². The molecule has 0 fully saturated rings. The number of unbranched alkanes of at least 4 members (excludes halogenated alkanes) is 1. The van der Waals surface area contributed by atoms with Crippen LogP contribution in [0.15, 0.2) is 115 Å². The molecule has 2 N–H and O–H groups in total. The van der Waals surface area contributed by atoms with Gasteiger partial charge in [-0.1, -0.05) is 104 Å². The van der Waals surface area contributed by atoms with E-state index in [1.165, 1.54) is 12.8 Å². The summed E-state index contributed by atoms with van der Waals surface area (Å²) in [6.07, 6.45) is 5.93. The van der Waals surface area contributed by atoms with Crippen molar-refractivity contribution in [2.24, 2.45) is 5.16 Å². The number of fused-ring (bicyclic) bond motifs is 3. The number of rotatable bonds is 9. The molecule has 0 bridgehead atoms. The number of carbonyl (C=O) groups is 1. The Kier molecular flexibility index (Phi) is 11.5. The minimum Gasteiger partial charge on any atom is -0.391 e. The highest BCUT2D eigenvalue weighted by atomic mass is 16.6. The SMILES string of the molecule is C=C(C)Nc1cccc2c1-c1ccccc1C2=O.C=C(CC1CC(c2ccccc2)=NO1)NCCCC.C=CC. The van der Waals surface area contributed by atoms with Crippen LogP contribution in [0, 0.1) is 0 Å². The van der Waals surface area contributed by atoms with E-state index >= 15 is 0 Å². The highest BCUT2D eigenvalue weighted by Crippen LogP contribution is 2.41. The fraction of sp³-hybridized carbons (Fsp3) is 0.257. The van der Waals surface area contributed by atoms with Crippen LogP contribution < -0.4 is 10.6 Å². The van der Waals surface area contributed by atoms with Gasteiger partial charge in [-0.05, 0) is 37.5 Å². The Hall–Kier alpha value is -4.38. The summed E-state index contributed by atoms with van der Waals surface area (Å²) in [5.74, 6) is 0.103. The van der Waals surface area contributed by atoms with Crippen molar-refractivity contribution in [1.29, 1.82) is 0 Å². The Morgan fingerprint density at radius 3 is 2.33 bits per heavy atom. The van der Waals surface area contributed by atoms with E-state index in [0.717, 1.165) is 70.0 Å². The summed E-state index contributed by atoms with van der Waals surface area (Å²) in [7, 11) is 0. The number of benzene rings is 3. The Bertz CT molecular complexity index is 1360. The van der Waals surface area contributed by atoms with Crippen LogP contribution in [0.2, 0.25) is 0 Å². The van der Waals surface area contributed by atoms with Gasteiger partial charge in [-0.3, -0.25) is 4.79 Å². The van der Waals surface area contributed by atoms with Gasteiger partial charge in [0.25, 0.3) is 0 Å². The van der Waals surface area contributed by atoms with Crippen LogP contribution >= 0.6 is 0 Å². The molecule has 5 rings (SSSR count). The van der Waals surface area contributed by atoms with Crippen molar-refractivity contribution in [2.75, 3.05) is 11.9 Å². The van der Waals surface area contributed by atoms with Crippen molar-refractivity contribution < 1.29 is 9.63 Å². The molecule has 208 valence electrons. The van der Waals surface area contributed by atoms with Gasteiger partial charge >= 0.3 is 0 Å². The molecular formula is C35H41N3O2.